The van der Waals surface area contributed by atoms with E-state index < -0.39 is 0 Å². The number of rotatable bonds is 6. The van der Waals surface area contributed by atoms with Crippen molar-refractivity contribution >= 4 is 5.91 Å². The number of carbonyl (C=O) groups excluding carboxylic acids is 1. The molecule has 2 aromatic heterocycles. The molecule has 6 heteroatoms. The van der Waals surface area contributed by atoms with E-state index in [1.54, 1.807) is 17.1 Å². The van der Waals surface area contributed by atoms with Crippen molar-refractivity contribution in [1.82, 2.24) is 24.5 Å². The van der Waals surface area contributed by atoms with Gasteiger partial charge in [-0.05, 0) is 26.8 Å². The van der Waals surface area contributed by atoms with Crippen LogP contribution in [0.2, 0.25) is 0 Å². The molecule has 108 valence electrons. The first kappa shape index (κ1) is 14.3. The van der Waals surface area contributed by atoms with Crippen molar-refractivity contribution in [2.24, 2.45) is 0 Å². The smallest absolute Gasteiger partial charge is 0.257 e. The zero-order chi connectivity index (χ0) is 14.5. The van der Waals surface area contributed by atoms with Crippen LogP contribution in [0.4, 0.5) is 0 Å². The van der Waals surface area contributed by atoms with Crippen LogP contribution in [0.15, 0.2) is 30.9 Å². The second-order valence-electron chi connectivity index (χ2n) is 4.96. The van der Waals surface area contributed by atoms with Crippen molar-refractivity contribution in [1.29, 1.82) is 0 Å². The molecule has 0 N–H and O–H groups in total. The van der Waals surface area contributed by atoms with E-state index in [2.05, 4.69) is 10.2 Å². The minimum atomic E-state index is 0.0200. The van der Waals surface area contributed by atoms with Crippen LogP contribution in [-0.2, 0) is 6.54 Å². The number of amides is 1. The van der Waals surface area contributed by atoms with E-state index in [0.717, 1.165) is 0 Å². The van der Waals surface area contributed by atoms with Gasteiger partial charge in [-0.3, -0.25) is 14.2 Å². The Morgan fingerprint density at radius 3 is 2.75 bits per heavy atom. The summed E-state index contributed by atoms with van der Waals surface area (Å²) in [5, 5.41) is 8.36. The van der Waals surface area contributed by atoms with E-state index in [1.165, 1.54) is 0 Å². The minimum absolute atomic E-state index is 0.0200. The van der Waals surface area contributed by atoms with Gasteiger partial charge >= 0.3 is 0 Å². The Morgan fingerprint density at radius 2 is 2.20 bits per heavy atom. The highest BCUT2D eigenvalue weighted by molar-refractivity contribution is 5.93. The summed E-state index contributed by atoms with van der Waals surface area (Å²) in [5.41, 5.74) is 0.640. The molecule has 0 aliphatic rings. The SMILES string of the molecule is CCN(CCn1cccn1)C(=O)c1cnn(C(C)C)c1. The molecule has 2 aromatic rings. The number of hydrogen-bond donors (Lipinski definition) is 0. The van der Waals surface area contributed by atoms with Gasteiger partial charge in [0, 0.05) is 37.7 Å². The summed E-state index contributed by atoms with van der Waals surface area (Å²) in [6.45, 7) is 8.07. The maximum absolute atomic E-state index is 12.4. The molecule has 2 heterocycles. The van der Waals surface area contributed by atoms with Gasteiger partial charge in [0.25, 0.3) is 5.91 Å². The largest absolute Gasteiger partial charge is 0.337 e. The van der Waals surface area contributed by atoms with E-state index in [4.69, 9.17) is 0 Å². The predicted molar refractivity (Wildman–Crippen MR) is 76.4 cm³/mol. The average Bonchev–Trinajstić information content (AvgIpc) is 3.10. The summed E-state index contributed by atoms with van der Waals surface area (Å²) in [7, 11) is 0. The van der Waals surface area contributed by atoms with Gasteiger partial charge in [-0.2, -0.15) is 10.2 Å². The molecule has 0 unspecified atom stereocenters. The Bertz CT molecular complexity index is 544. The first-order valence-corrected chi connectivity index (χ1v) is 6.92. The molecule has 6 nitrogen and oxygen atoms in total. The van der Waals surface area contributed by atoms with Crippen molar-refractivity contribution < 1.29 is 4.79 Å². The fraction of sp³-hybridized carbons (Fsp3) is 0.500. The van der Waals surface area contributed by atoms with E-state index in [-0.39, 0.29) is 11.9 Å². The Kier molecular flexibility index (Phi) is 4.55. The van der Waals surface area contributed by atoms with Crippen LogP contribution in [0.1, 0.15) is 37.2 Å². The quantitative estimate of drug-likeness (QED) is 0.808. The molecular weight excluding hydrogens is 254 g/mol. The standard InChI is InChI=1S/C14H21N5O/c1-4-17(8-9-18-7-5-6-15-18)14(20)13-10-16-19(11-13)12(2)3/h5-7,10-12H,4,8-9H2,1-3H3. The normalized spacial score (nSPS) is 11.0. The molecular formula is C14H21N5O. The molecule has 0 aliphatic heterocycles. The minimum Gasteiger partial charge on any atom is -0.337 e. The maximum atomic E-state index is 12.4. The van der Waals surface area contributed by atoms with Gasteiger partial charge in [-0.1, -0.05) is 0 Å². The third-order valence-corrected chi connectivity index (χ3v) is 3.20. The summed E-state index contributed by atoms with van der Waals surface area (Å²) >= 11 is 0. The maximum Gasteiger partial charge on any atom is 0.257 e. The lowest BCUT2D eigenvalue weighted by atomic mass is 10.3. The molecule has 0 saturated heterocycles. The van der Waals surface area contributed by atoms with Gasteiger partial charge in [0.05, 0.1) is 18.3 Å². The molecule has 0 atom stereocenters. The second-order valence-corrected chi connectivity index (χ2v) is 4.96. The fourth-order valence-electron chi connectivity index (χ4n) is 1.97. The van der Waals surface area contributed by atoms with Crippen molar-refractivity contribution in [2.75, 3.05) is 13.1 Å². The van der Waals surface area contributed by atoms with Crippen LogP contribution in [0.5, 0.6) is 0 Å². The molecule has 1 amide bonds. The molecule has 0 fully saturated rings. The fourth-order valence-corrected chi connectivity index (χ4v) is 1.97. The summed E-state index contributed by atoms with van der Waals surface area (Å²) < 4.78 is 3.63. The van der Waals surface area contributed by atoms with Crippen molar-refractivity contribution in [3.8, 4) is 0 Å². The molecule has 0 saturated carbocycles. The number of nitrogens with zero attached hydrogens (tertiary/aromatic N) is 5. The predicted octanol–water partition coefficient (Wildman–Crippen LogP) is 1.82. The molecule has 0 bridgehead atoms. The molecule has 0 radical (unpaired) electrons. The summed E-state index contributed by atoms with van der Waals surface area (Å²) in [6, 6.07) is 2.14. The van der Waals surface area contributed by atoms with Crippen LogP contribution in [0.3, 0.4) is 0 Å². The summed E-state index contributed by atoms with van der Waals surface area (Å²) in [6.07, 6.45) is 7.09. The van der Waals surface area contributed by atoms with Crippen molar-refractivity contribution in [2.45, 2.75) is 33.4 Å². The lowest BCUT2D eigenvalue weighted by Gasteiger charge is -2.20. The third kappa shape index (κ3) is 3.26. The lowest BCUT2D eigenvalue weighted by molar-refractivity contribution is 0.0757. The molecule has 20 heavy (non-hydrogen) atoms. The van der Waals surface area contributed by atoms with Gasteiger partial charge in [0.2, 0.25) is 0 Å². The number of hydrogen-bond acceptors (Lipinski definition) is 3. The zero-order valence-corrected chi connectivity index (χ0v) is 12.2. The topological polar surface area (TPSA) is 56.0 Å². The van der Waals surface area contributed by atoms with Gasteiger partial charge in [-0.25, -0.2) is 0 Å². The van der Waals surface area contributed by atoms with Crippen LogP contribution >= 0.6 is 0 Å². The van der Waals surface area contributed by atoms with Crippen LogP contribution in [-0.4, -0.2) is 43.5 Å². The van der Waals surface area contributed by atoms with Gasteiger partial charge in [0.1, 0.15) is 0 Å². The van der Waals surface area contributed by atoms with Gasteiger partial charge < -0.3 is 4.90 Å². The Labute approximate surface area is 119 Å². The van der Waals surface area contributed by atoms with Crippen LogP contribution < -0.4 is 0 Å². The number of likely N-dealkylation sites (N-methyl/N-ethyl adjacent to an activating group) is 1. The molecule has 2 rings (SSSR count). The molecule has 0 aromatic carbocycles. The first-order chi connectivity index (χ1) is 9.61. The second kappa shape index (κ2) is 6.36. The lowest BCUT2D eigenvalue weighted by Crippen LogP contribution is -2.33. The monoisotopic (exact) mass is 275 g/mol. The Hall–Kier alpha value is -2.11. The number of aromatic nitrogens is 4. The Morgan fingerprint density at radius 1 is 1.40 bits per heavy atom. The van der Waals surface area contributed by atoms with Gasteiger partial charge in [0.15, 0.2) is 0 Å². The van der Waals surface area contributed by atoms with Crippen molar-refractivity contribution in [3.05, 3.63) is 36.4 Å². The average molecular weight is 275 g/mol. The summed E-state index contributed by atoms with van der Waals surface area (Å²) in [4.78, 5) is 14.2. The Balaban J connectivity index is 2.00. The van der Waals surface area contributed by atoms with E-state index in [1.807, 2.05) is 48.8 Å². The van der Waals surface area contributed by atoms with E-state index >= 15 is 0 Å². The third-order valence-electron chi connectivity index (χ3n) is 3.20. The van der Waals surface area contributed by atoms with E-state index in [9.17, 15) is 4.79 Å². The van der Waals surface area contributed by atoms with Crippen LogP contribution in [0, 0.1) is 0 Å². The highest BCUT2D eigenvalue weighted by Gasteiger charge is 2.16. The van der Waals surface area contributed by atoms with Crippen molar-refractivity contribution in [3.63, 3.8) is 0 Å². The molecule has 0 spiro atoms. The van der Waals surface area contributed by atoms with E-state index in [0.29, 0.717) is 25.2 Å². The molecule has 0 aliphatic carbocycles. The highest BCUT2D eigenvalue weighted by Crippen LogP contribution is 2.08. The van der Waals surface area contributed by atoms with Gasteiger partial charge in [-0.15, -0.1) is 0 Å². The number of carbonyl (C=O) groups is 1. The van der Waals surface area contributed by atoms with Crippen LogP contribution in [0.25, 0.3) is 0 Å². The first-order valence-electron chi connectivity index (χ1n) is 6.92. The highest BCUT2D eigenvalue weighted by atomic mass is 16.2. The zero-order valence-electron chi connectivity index (χ0n) is 12.2. The summed E-state index contributed by atoms with van der Waals surface area (Å²) in [5.74, 6) is 0.0200.